The van der Waals surface area contributed by atoms with Crippen LogP contribution in [0.4, 0.5) is 0 Å². The van der Waals surface area contributed by atoms with E-state index in [1.54, 1.807) is 0 Å². The zero-order valence-corrected chi connectivity index (χ0v) is 13.9. The maximum absolute atomic E-state index is 12.4. The van der Waals surface area contributed by atoms with Crippen LogP contribution in [0.25, 0.3) is 0 Å². The Morgan fingerprint density at radius 1 is 1.37 bits per heavy atom. The zero-order chi connectivity index (χ0) is 12.6. The molecule has 1 amide bonds. The molecule has 2 aliphatic heterocycles. The number of hydrogen-bond donors (Lipinski definition) is 1. The van der Waals surface area contributed by atoms with E-state index in [0.29, 0.717) is 5.41 Å². The molecule has 0 aromatic carbocycles. The second-order valence-corrected chi connectivity index (χ2v) is 7.09. The predicted molar refractivity (Wildman–Crippen MR) is 84.3 cm³/mol. The fourth-order valence-corrected chi connectivity index (χ4v) is 4.50. The van der Waals surface area contributed by atoms with Gasteiger partial charge < -0.3 is 10.2 Å². The molecular formula is C13H18BrClN2OS. The van der Waals surface area contributed by atoms with Crippen molar-refractivity contribution in [3.63, 3.8) is 0 Å². The summed E-state index contributed by atoms with van der Waals surface area (Å²) in [6.45, 7) is 4.10. The first-order valence-electron chi connectivity index (χ1n) is 6.43. The fourth-order valence-electron chi connectivity index (χ4n) is 3.00. The van der Waals surface area contributed by atoms with E-state index in [2.05, 4.69) is 21.2 Å². The Bertz CT molecular complexity index is 449. The third-order valence-corrected chi connectivity index (χ3v) is 6.08. The van der Waals surface area contributed by atoms with Gasteiger partial charge in [-0.25, -0.2) is 0 Å². The summed E-state index contributed by atoms with van der Waals surface area (Å²) in [5.74, 6) is 0.192. The van der Waals surface area contributed by atoms with Crippen LogP contribution in [0.5, 0.6) is 0 Å². The van der Waals surface area contributed by atoms with Gasteiger partial charge in [-0.3, -0.25) is 4.79 Å². The quantitative estimate of drug-likeness (QED) is 0.829. The lowest BCUT2D eigenvalue weighted by atomic mass is 9.78. The maximum Gasteiger partial charge on any atom is 0.265 e. The van der Waals surface area contributed by atoms with Crippen LogP contribution < -0.4 is 5.32 Å². The lowest BCUT2D eigenvalue weighted by Crippen LogP contribution is -2.43. The molecule has 0 radical (unpaired) electrons. The van der Waals surface area contributed by atoms with Gasteiger partial charge in [0, 0.05) is 24.1 Å². The molecule has 106 valence electrons. The van der Waals surface area contributed by atoms with Crippen molar-refractivity contribution in [3.05, 3.63) is 20.8 Å². The number of hydrogen-bond acceptors (Lipinski definition) is 3. The van der Waals surface area contributed by atoms with E-state index in [4.69, 9.17) is 0 Å². The molecule has 6 heteroatoms. The topological polar surface area (TPSA) is 32.3 Å². The van der Waals surface area contributed by atoms with Gasteiger partial charge in [-0.2, -0.15) is 0 Å². The van der Waals surface area contributed by atoms with Gasteiger partial charge in [0.15, 0.2) is 0 Å². The zero-order valence-electron chi connectivity index (χ0n) is 10.7. The standard InChI is InChI=1S/C13H17BrN2OS.ClH/c14-10-1-8-18-11(10)12(17)16-6-3-13(4-7-16)2-5-15-9-13;/h1,8,15H,2-7,9H2;1H. The van der Waals surface area contributed by atoms with Crippen LogP contribution in [0.2, 0.25) is 0 Å². The number of rotatable bonds is 1. The van der Waals surface area contributed by atoms with Crippen LogP contribution in [0.3, 0.4) is 0 Å². The minimum Gasteiger partial charge on any atom is -0.338 e. The average molecular weight is 366 g/mol. The molecule has 1 N–H and O–H groups in total. The van der Waals surface area contributed by atoms with E-state index < -0.39 is 0 Å². The molecule has 2 saturated heterocycles. The number of nitrogens with zero attached hydrogens (tertiary/aromatic N) is 1. The highest BCUT2D eigenvalue weighted by Crippen LogP contribution is 2.37. The normalized spacial score (nSPS) is 21.4. The molecule has 1 aromatic heterocycles. The first-order valence-corrected chi connectivity index (χ1v) is 8.10. The lowest BCUT2D eigenvalue weighted by Gasteiger charge is -2.38. The number of carbonyl (C=O) groups excluding carboxylic acids is 1. The molecule has 0 aliphatic carbocycles. The molecule has 2 fully saturated rings. The number of likely N-dealkylation sites (tertiary alicyclic amines) is 1. The summed E-state index contributed by atoms with van der Waals surface area (Å²) in [5.41, 5.74) is 0.476. The van der Waals surface area contributed by atoms with Crippen LogP contribution in [-0.4, -0.2) is 37.0 Å². The van der Waals surface area contributed by atoms with Crippen molar-refractivity contribution in [1.82, 2.24) is 10.2 Å². The van der Waals surface area contributed by atoms with Gasteiger partial charge in [-0.15, -0.1) is 23.7 Å². The van der Waals surface area contributed by atoms with Crippen LogP contribution in [-0.2, 0) is 0 Å². The minimum absolute atomic E-state index is 0. The molecule has 3 nitrogen and oxygen atoms in total. The number of carbonyl (C=O) groups is 1. The summed E-state index contributed by atoms with van der Waals surface area (Å²) in [4.78, 5) is 15.2. The van der Waals surface area contributed by atoms with E-state index in [9.17, 15) is 4.79 Å². The SMILES string of the molecule is Cl.O=C(c1sccc1Br)N1CCC2(CCNC2)CC1. The highest BCUT2D eigenvalue weighted by atomic mass is 79.9. The second-order valence-electron chi connectivity index (χ2n) is 5.32. The Hall–Kier alpha value is -0.100. The summed E-state index contributed by atoms with van der Waals surface area (Å²) in [7, 11) is 0. The Balaban J connectivity index is 0.00000133. The molecule has 0 atom stereocenters. The summed E-state index contributed by atoms with van der Waals surface area (Å²) in [6, 6.07) is 1.95. The van der Waals surface area contributed by atoms with Crippen molar-refractivity contribution in [2.24, 2.45) is 5.41 Å². The van der Waals surface area contributed by atoms with Crippen LogP contribution in [0.15, 0.2) is 15.9 Å². The molecule has 0 bridgehead atoms. The number of nitrogens with one attached hydrogen (secondary N) is 1. The van der Waals surface area contributed by atoms with Crippen LogP contribution in [0.1, 0.15) is 28.9 Å². The van der Waals surface area contributed by atoms with Gasteiger partial charge in [0.1, 0.15) is 4.88 Å². The Morgan fingerprint density at radius 3 is 2.63 bits per heavy atom. The fraction of sp³-hybridized carbons (Fsp3) is 0.615. The van der Waals surface area contributed by atoms with Gasteiger partial charge in [0.25, 0.3) is 5.91 Å². The van der Waals surface area contributed by atoms with E-state index in [1.165, 1.54) is 17.8 Å². The lowest BCUT2D eigenvalue weighted by molar-refractivity contribution is 0.0611. The maximum atomic E-state index is 12.4. The minimum atomic E-state index is 0. The van der Waals surface area contributed by atoms with E-state index in [-0.39, 0.29) is 18.3 Å². The molecule has 1 aromatic rings. The van der Waals surface area contributed by atoms with Crippen molar-refractivity contribution in [2.75, 3.05) is 26.2 Å². The van der Waals surface area contributed by atoms with E-state index in [0.717, 1.165) is 48.4 Å². The molecule has 2 aliphatic rings. The smallest absolute Gasteiger partial charge is 0.265 e. The van der Waals surface area contributed by atoms with Gasteiger partial charge in [0.05, 0.1) is 0 Å². The van der Waals surface area contributed by atoms with Gasteiger partial charge >= 0.3 is 0 Å². The number of piperidine rings is 1. The first-order chi connectivity index (χ1) is 8.70. The summed E-state index contributed by atoms with van der Waals surface area (Å²) in [5, 5.41) is 5.42. The van der Waals surface area contributed by atoms with E-state index in [1.807, 2.05) is 16.3 Å². The molecule has 19 heavy (non-hydrogen) atoms. The molecule has 0 unspecified atom stereocenters. The molecule has 3 heterocycles. The van der Waals surface area contributed by atoms with Crippen molar-refractivity contribution >= 4 is 45.6 Å². The van der Waals surface area contributed by atoms with Gasteiger partial charge in [-0.05, 0) is 58.6 Å². The number of halogens is 2. The summed E-state index contributed by atoms with van der Waals surface area (Å²) >= 11 is 4.97. The van der Waals surface area contributed by atoms with E-state index >= 15 is 0 Å². The number of thiophene rings is 1. The molecule has 3 rings (SSSR count). The van der Waals surface area contributed by atoms with Crippen LogP contribution >= 0.6 is 39.7 Å². The summed E-state index contributed by atoms with van der Waals surface area (Å²) in [6.07, 6.45) is 3.57. The van der Waals surface area contributed by atoms with Gasteiger partial charge in [-0.1, -0.05) is 0 Å². The second kappa shape index (κ2) is 6.12. The van der Waals surface area contributed by atoms with Crippen molar-refractivity contribution in [2.45, 2.75) is 19.3 Å². The predicted octanol–water partition coefficient (Wildman–Crippen LogP) is 3.15. The van der Waals surface area contributed by atoms with Crippen LogP contribution in [0, 0.1) is 5.41 Å². The molecular weight excluding hydrogens is 348 g/mol. The monoisotopic (exact) mass is 364 g/mol. The summed E-state index contributed by atoms with van der Waals surface area (Å²) < 4.78 is 0.931. The third kappa shape index (κ3) is 2.99. The third-order valence-electron chi connectivity index (χ3n) is 4.25. The van der Waals surface area contributed by atoms with Crippen molar-refractivity contribution in [1.29, 1.82) is 0 Å². The number of amides is 1. The van der Waals surface area contributed by atoms with Crippen molar-refractivity contribution in [3.8, 4) is 0 Å². The Morgan fingerprint density at radius 2 is 2.11 bits per heavy atom. The molecule has 0 saturated carbocycles. The van der Waals surface area contributed by atoms with Crippen molar-refractivity contribution < 1.29 is 4.79 Å². The molecule has 1 spiro atoms. The van der Waals surface area contributed by atoms with Gasteiger partial charge in [0.2, 0.25) is 0 Å². The first kappa shape index (κ1) is 15.3. The Kier molecular flexibility index (Phi) is 4.93. The average Bonchev–Trinajstić information content (AvgIpc) is 2.99. The largest absolute Gasteiger partial charge is 0.338 e. The Labute approximate surface area is 132 Å². The highest BCUT2D eigenvalue weighted by Gasteiger charge is 2.38. The highest BCUT2D eigenvalue weighted by molar-refractivity contribution is 9.10.